The van der Waals surface area contributed by atoms with E-state index in [9.17, 15) is 4.79 Å². The highest BCUT2D eigenvalue weighted by atomic mass is 16.5. The first kappa shape index (κ1) is 14.1. The van der Waals surface area contributed by atoms with Crippen LogP contribution in [0.3, 0.4) is 0 Å². The van der Waals surface area contributed by atoms with E-state index in [2.05, 4.69) is 24.3 Å². The van der Waals surface area contributed by atoms with Crippen molar-refractivity contribution in [2.24, 2.45) is 0 Å². The molecule has 0 atom stereocenters. The fourth-order valence-electron chi connectivity index (χ4n) is 1.70. The van der Waals surface area contributed by atoms with Gasteiger partial charge in [-0.25, -0.2) is 0 Å². The number of carbonyl (C=O) groups excluding carboxylic acids is 1. The Morgan fingerprint density at radius 2 is 2.05 bits per heavy atom. The van der Waals surface area contributed by atoms with Crippen LogP contribution >= 0.6 is 0 Å². The van der Waals surface area contributed by atoms with E-state index in [1.54, 1.807) is 13.0 Å². The topological polar surface area (TPSA) is 64.4 Å². The molecule has 0 saturated heterocycles. The molecule has 0 fully saturated rings. The Morgan fingerprint density at radius 1 is 1.35 bits per heavy atom. The van der Waals surface area contributed by atoms with E-state index in [0.29, 0.717) is 17.6 Å². The first-order chi connectivity index (χ1) is 9.54. The largest absolute Gasteiger partial charge is 0.465 e. The number of ether oxygens (including phenoxy) is 1. The van der Waals surface area contributed by atoms with Gasteiger partial charge >= 0.3 is 0 Å². The monoisotopic (exact) mass is 274 g/mol. The Hall–Kier alpha value is -2.30. The molecule has 2 rings (SSSR count). The lowest BCUT2D eigenvalue weighted by Crippen LogP contribution is -2.20. The number of nitrogens with zero attached hydrogens (tertiary/aromatic N) is 1. The number of anilines is 1. The highest BCUT2D eigenvalue weighted by Crippen LogP contribution is 2.17. The zero-order valence-corrected chi connectivity index (χ0v) is 11.8. The summed E-state index contributed by atoms with van der Waals surface area (Å²) in [7, 11) is 0. The molecule has 0 aliphatic carbocycles. The molecule has 5 nitrogen and oxygen atoms in total. The van der Waals surface area contributed by atoms with Crippen LogP contribution in [0.1, 0.15) is 31.1 Å². The van der Waals surface area contributed by atoms with E-state index >= 15 is 0 Å². The number of nitrogens with one attached hydrogen (secondary N) is 1. The Morgan fingerprint density at radius 3 is 2.60 bits per heavy atom. The second kappa shape index (κ2) is 6.23. The van der Waals surface area contributed by atoms with Gasteiger partial charge in [0.05, 0.1) is 0 Å². The van der Waals surface area contributed by atoms with Crippen molar-refractivity contribution in [3.8, 4) is 5.88 Å². The minimum atomic E-state index is -0.233. The molecule has 1 heterocycles. The number of aryl methyl sites for hydroxylation is 1. The highest BCUT2D eigenvalue weighted by Gasteiger charge is 2.07. The normalized spacial score (nSPS) is 10.6. The summed E-state index contributed by atoms with van der Waals surface area (Å²) >= 11 is 0. The van der Waals surface area contributed by atoms with E-state index < -0.39 is 0 Å². The Balaban J connectivity index is 1.84. The molecule has 0 radical (unpaired) electrons. The van der Waals surface area contributed by atoms with Gasteiger partial charge in [0.1, 0.15) is 5.76 Å². The van der Waals surface area contributed by atoms with Crippen molar-refractivity contribution in [3.05, 3.63) is 41.7 Å². The minimum absolute atomic E-state index is 0.0993. The first-order valence-electron chi connectivity index (χ1n) is 6.50. The lowest BCUT2D eigenvalue weighted by atomic mass is 10.0. The molecule has 0 unspecified atom stereocenters. The van der Waals surface area contributed by atoms with Crippen LogP contribution in [0, 0.1) is 6.92 Å². The van der Waals surface area contributed by atoms with Gasteiger partial charge in [0.25, 0.3) is 11.8 Å². The molecule has 1 N–H and O–H groups in total. The van der Waals surface area contributed by atoms with Gasteiger partial charge in [0.2, 0.25) is 0 Å². The number of aromatic nitrogens is 1. The minimum Gasteiger partial charge on any atom is -0.465 e. The molecule has 0 aliphatic heterocycles. The molecule has 0 spiro atoms. The Bertz CT molecular complexity index is 573. The van der Waals surface area contributed by atoms with Crippen molar-refractivity contribution in [2.45, 2.75) is 26.7 Å². The number of amides is 1. The highest BCUT2D eigenvalue weighted by molar-refractivity contribution is 5.91. The van der Waals surface area contributed by atoms with Crippen LogP contribution in [0.15, 0.2) is 34.9 Å². The van der Waals surface area contributed by atoms with Gasteiger partial charge in [-0.15, -0.1) is 0 Å². The molecule has 2 aromatic rings. The summed E-state index contributed by atoms with van der Waals surface area (Å²) < 4.78 is 10.0. The van der Waals surface area contributed by atoms with Crippen molar-refractivity contribution in [2.75, 3.05) is 11.9 Å². The summed E-state index contributed by atoms with van der Waals surface area (Å²) in [5.41, 5.74) is 1.98. The van der Waals surface area contributed by atoms with Crippen LogP contribution in [0.5, 0.6) is 5.88 Å². The zero-order valence-electron chi connectivity index (χ0n) is 11.8. The fraction of sp³-hybridized carbons (Fsp3) is 0.333. The lowest BCUT2D eigenvalue weighted by molar-refractivity contribution is -0.118. The smallest absolute Gasteiger partial charge is 0.262 e. The summed E-state index contributed by atoms with van der Waals surface area (Å²) in [4.78, 5) is 11.7. The average molecular weight is 274 g/mol. The molecule has 106 valence electrons. The zero-order chi connectivity index (χ0) is 14.5. The maximum atomic E-state index is 11.7. The van der Waals surface area contributed by atoms with Crippen LogP contribution < -0.4 is 10.1 Å². The molecule has 1 aromatic carbocycles. The van der Waals surface area contributed by atoms with Gasteiger partial charge < -0.3 is 14.6 Å². The van der Waals surface area contributed by atoms with Crippen LogP contribution in [0.4, 0.5) is 5.69 Å². The molecule has 20 heavy (non-hydrogen) atoms. The SMILES string of the molecule is Cc1cc(OCC(=O)Nc2ccc(C(C)C)cc2)no1. The van der Waals surface area contributed by atoms with Gasteiger partial charge in [0, 0.05) is 11.8 Å². The second-order valence-electron chi connectivity index (χ2n) is 4.89. The van der Waals surface area contributed by atoms with Gasteiger partial charge in [-0.1, -0.05) is 26.0 Å². The van der Waals surface area contributed by atoms with Gasteiger partial charge in [-0.3, -0.25) is 4.79 Å². The predicted molar refractivity (Wildman–Crippen MR) is 75.9 cm³/mol. The number of benzene rings is 1. The van der Waals surface area contributed by atoms with E-state index in [-0.39, 0.29) is 12.5 Å². The van der Waals surface area contributed by atoms with Crippen molar-refractivity contribution >= 4 is 11.6 Å². The summed E-state index contributed by atoms with van der Waals surface area (Å²) in [5.74, 6) is 1.19. The third-order valence-electron chi connectivity index (χ3n) is 2.82. The van der Waals surface area contributed by atoms with Crippen LogP contribution in [-0.4, -0.2) is 17.7 Å². The van der Waals surface area contributed by atoms with Crippen molar-refractivity contribution in [3.63, 3.8) is 0 Å². The molecule has 1 amide bonds. The molecular formula is C15H18N2O3. The number of carbonyl (C=O) groups is 1. The van der Waals surface area contributed by atoms with Crippen LogP contribution in [0.2, 0.25) is 0 Å². The van der Waals surface area contributed by atoms with E-state index in [4.69, 9.17) is 9.26 Å². The quantitative estimate of drug-likeness (QED) is 0.909. The third-order valence-corrected chi connectivity index (χ3v) is 2.82. The maximum Gasteiger partial charge on any atom is 0.262 e. The fourth-order valence-corrected chi connectivity index (χ4v) is 1.70. The standard InChI is InChI=1S/C15H18N2O3/c1-10(2)12-4-6-13(7-5-12)16-14(18)9-19-15-8-11(3)20-17-15/h4-8,10H,9H2,1-3H3,(H,16,18). The van der Waals surface area contributed by atoms with Crippen molar-refractivity contribution < 1.29 is 14.1 Å². The molecule has 1 aromatic heterocycles. The predicted octanol–water partition coefficient (Wildman–Crippen LogP) is 3.12. The number of hydrogen-bond acceptors (Lipinski definition) is 4. The molecule has 0 bridgehead atoms. The van der Waals surface area contributed by atoms with Crippen LogP contribution in [-0.2, 0) is 4.79 Å². The summed E-state index contributed by atoms with van der Waals surface area (Å²) in [5, 5.41) is 6.41. The second-order valence-corrected chi connectivity index (χ2v) is 4.89. The maximum absolute atomic E-state index is 11.7. The van der Waals surface area contributed by atoms with Gasteiger partial charge in [0.15, 0.2) is 6.61 Å². The van der Waals surface area contributed by atoms with E-state index in [1.807, 2.05) is 24.3 Å². The molecule has 5 heteroatoms. The van der Waals surface area contributed by atoms with E-state index in [1.165, 1.54) is 5.56 Å². The Kier molecular flexibility index (Phi) is 4.40. The molecule has 0 aliphatic rings. The third kappa shape index (κ3) is 3.85. The van der Waals surface area contributed by atoms with E-state index in [0.717, 1.165) is 5.69 Å². The van der Waals surface area contributed by atoms with Gasteiger partial charge in [-0.2, -0.15) is 0 Å². The summed E-state index contributed by atoms with van der Waals surface area (Å²) in [6.07, 6.45) is 0. The van der Waals surface area contributed by atoms with Crippen molar-refractivity contribution in [1.29, 1.82) is 0 Å². The first-order valence-corrected chi connectivity index (χ1v) is 6.50. The summed E-state index contributed by atoms with van der Waals surface area (Å²) in [6, 6.07) is 9.40. The number of hydrogen-bond donors (Lipinski definition) is 1. The van der Waals surface area contributed by atoms with Gasteiger partial charge in [-0.05, 0) is 35.7 Å². The molecule has 0 saturated carbocycles. The lowest BCUT2D eigenvalue weighted by Gasteiger charge is -2.08. The Labute approximate surface area is 117 Å². The number of rotatable bonds is 5. The van der Waals surface area contributed by atoms with Crippen LogP contribution in [0.25, 0.3) is 0 Å². The van der Waals surface area contributed by atoms with Crippen molar-refractivity contribution in [1.82, 2.24) is 5.16 Å². The summed E-state index contributed by atoms with van der Waals surface area (Å²) in [6.45, 7) is 5.91. The average Bonchev–Trinajstić information content (AvgIpc) is 2.83. The molecular weight excluding hydrogens is 256 g/mol.